The van der Waals surface area contributed by atoms with E-state index in [2.05, 4.69) is 15.3 Å². The van der Waals surface area contributed by atoms with E-state index >= 15 is 0 Å². The molecule has 0 spiro atoms. The van der Waals surface area contributed by atoms with E-state index in [9.17, 15) is 9.90 Å². The van der Waals surface area contributed by atoms with Gasteiger partial charge in [0.2, 0.25) is 0 Å². The zero-order chi connectivity index (χ0) is 13.1. The third-order valence-electron chi connectivity index (χ3n) is 2.28. The number of phenolic OH excluding ortho intramolecular Hbond substituents is 1. The van der Waals surface area contributed by atoms with E-state index in [4.69, 9.17) is 11.6 Å². The second-order valence-corrected chi connectivity index (χ2v) is 4.03. The molecule has 0 fully saturated rings. The number of hydrogen-bond acceptors (Lipinski definition) is 4. The van der Waals surface area contributed by atoms with Crippen molar-refractivity contribution < 1.29 is 9.90 Å². The van der Waals surface area contributed by atoms with Gasteiger partial charge in [-0.1, -0.05) is 23.2 Å². The number of halogens is 1. The van der Waals surface area contributed by atoms with E-state index in [0.29, 0.717) is 0 Å². The number of benzene rings is 1. The van der Waals surface area contributed by atoms with Gasteiger partial charge < -0.3 is 10.4 Å². The highest BCUT2D eigenvalue weighted by molar-refractivity contribution is 6.32. The van der Waals surface area contributed by atoms with Gasteiger partial charge in [0.15, 0.2) is 11.0 Å². The first-order valence-electron chi connectivity index (χ1n) is 5.15. The van der Waals surface area contributed by atoms with Crippen LogP contribution in [-0.2, 0) is 0 Å². The van der Waals surface area contributed by atoms with Crippen LogP contribution in [0.3, 0.4) is 0 Å². The van der Waals surface area contributed by atoms with Crippen molar-refractivity contribution in [1.29, 1.82) is 0 Å². The fourth-order valence-corrected chi connectivity index (χ4v) is 1.56. The molecule has 1 aromatic heterocycles. The highest BCUT2D eigenvalue weighted by atomic mass is 35.5. The van der Waals surface area contributed by atoms with E-state index in [1.807, 2.05) is 6.92 Å². The SMILES string of the molecule is Cc1ccc(O)c(C(=O)Nc2nccnc2Cl)c1. The Morgan fingerprint density at radius 2 is 2.06 bits per heavy atom. The summed E-state index contributed by atoms with van der Waals surface area (Å²) in [7, 11) is 0. The van der Waals surface area contributed by atoms with Crippen LogP contribution in [0.2, 0.25) is 5.15 Å². The maximum atomic E-state index is 11.9. The predicted octanol–water partition coefficient (Wildman–Crippen LogP) is 2.40. The van der Waals surface area contributed by atoms with Crippen LogP contribution < -0.4 is 5.32 Å². The minimum Gasteiger partial charge on any atom is -0.507 e. The zero-order valence-electron chi connectivity index (χ0n) is 9.51. The molecule has 2 aromatic rings. The number of anilines is 1. The second-order valence-electron chi connectivity index (χ2n) is 3.67. The van der Waals surface area contributed by atoms with Crippen molar-refractivity contribution in [3.63, 3.8) is 0 Å². The Labute approximate surface area is 108 Å². The summed E-state index contributed by atoms with van der Waals surface area (Å²) in [4.78, 5) is 19.6. The number of hydrogen-bond donors (Lipinski definition) is 2. The van der Waals surface area contributed by atoms with Crippen molar-refractivity contribution in [3.05, 3.63) is 46.9 Å². The Morgan fingerprint density at radius 3 is 2.78 bits per heavy atom. The van der Waals surface area contributed by atoms with Crippen molar-refractivity contribution in [2.45, 2.75) is 6.92 Å². The molecule has 0 saturated heterocycles. The van der Waals surface area contributed by atoms with Crippen molar-refractivity contribution in [3.8, 4) is 5.75 Å². The maximum Gasteiger partial charge on any atom is 0.260 e. The summed E-state index contributed by atoms with van der Waals surface area (Å²) in [6.07, 6.45) is 2.83. The lowest BCUT2D eigenvalue weighted by Crippen LogP contribution is -2.14. The molecule has 1 amide bonds. The topological polar surface area (TPSA) is 75.1 Å². The number of aromatic nitrogens is 2. The van der Waals surface area contributed by atoms with Crippen LogP contribution in [0.5, 0.6) is 5.75 Å². The molecular weight excluding hydrogens is 254 g/mol. The summed E-state index contributed by atoms with van der Waals surface area (Å²) in [5.74, 6) is -0.429. The molecule has 2 rings (SSSR count). The van der Waals surface area contributed by atoms with E-state index in [-0.39, 0.29) is 22.3 Å². The molecule has 0 aliphatic heterocycles. The molecule has 2 N–H and O–H groups in total. The van der Waals surface area contributed by atoms with E-state index in [0.717, 1.165) is 5.56 Å². The Bertz CT molecular complexity index is 602. The third kappa shape index (κ3) is 2.57. The fraction of sp³-hybridized carbons (Fsp3) is 0.0833. The van der Waals surface area contributed by atoms with E-state index in [1.54, 1.807) is 12.1 Å². The lowest BCUT2D eigenvalue weighted by molar-refractivity contribution is 0.102. The molecule has 0 bridgehead atoms. The van der Waals surface area contributed by atoms with Crippen LogP contribution in [0.25, 0.3) is 0 Å². The van der Waals surface area contributed by atoms with Crippen molar-refractivity contribution in [2.75, 3.05) is 5.32 Å². The molecule has 0 unspecified atom stereocenters. The Hall–Kier alpha value is -2.14. The fourth-order valence-electron chi connectivity index (χ4n) is 1.41. The summed E-state index contributed by atoms with van der Waals surface area (Å²) in [5, 5.41) is 12.2. The second kappa shape index (κ2) is 5.01. The summed E-state index contributed by atoms with van der Waals surface area (Å²) >= 11 is 5.78. The van der Waals surface area contributed by atoms with Crippen LogP contribution in [-0.4, -0.2) is 21.0 Å². The number of aryl methyl sites for hydroxylation is 1. The molecule has 5 nitrogen and oxygen atoms in total. The normalized spacial score (nSPS) is 10.1. The standard InChI is InChI=1S/C12H10ClN3O2/c1-7-2-3-9(17)8(6-7)12(18)16-11-10(13)14-4-5-15-11/h2-6,17H,1H3,(H,15,16,18). The molecule has 18 heavy (non-hydrogen) atoms. The summed E-state index contributed by atoms with van der Waals surface area (Å²) in [6.45, 7) is 1.82. The number of aromatic hydroxyl groups is 1. The molecule has 6 heteroatoms. The predicted molar refractivity (Wildman–Crippen MR) is 67.8 cm³/mol. The third-order valence-corrected chi connectivity index (χ3v) is 2.56. The van der Waals surface area contributed by atoms with Gasteiger partial charge in [0, 0.05) is 12.4 Å². The lowest BCUT2D eigenvalue weighted by atomic mass is 10.1. The van der Waals surface area contributed by atoms with Crippen molar-refractivity contribution >= 4 is 23.3 Å². The summed E-state index contributed by atoms with van der Waals surface area (Å²) < 4.78 is 0. The smallest absolute Gasteiger partial charge is 0.260 e. The number of carbonyl (C=O) groups excluding carboxylic acids is 1. The number of nitrogens with one attached hydrogen (secondary N) is 1. The number of nitrogens with zero attached hydrogens (tertiary/aromatic N) is 2. The Morgan fingerprint density at radius 1 is 1.33 bits per heavy atom. The van der Waals surface area contributed by atoms with Crippen molar-refractivity contribution in [1.82, 2.24) is 9.97 Å². The van der Waals surface area contributed by atoms with Gasteiger partial charge in [0.25, 0.3) is 5.91 Å². The molecule has 0 saturated carbocycles. The molecule has 0 atom stereocenters. The molecule has 1 aromatic carbocycles. The number of rotatable bonds is 2. The van der Waals surface area contributed by atoms with Gasteiger partial charge in [-0.05, 0) is 19.1 Å². The first-order chi connectivity index (χ1) is 8.58. The number of carbonyl (C=O) groups is 1. The van der Waals surface area contributed by atoms with E-state index in [1.165, 1.54) is 18.5 Å². The van der Waals surface area contributed by atoms with Crippen LogP contribution in [0.15, 0.2) is 30.6 Å². The van der Waals surface area contributed by atoms with E-state index < -0.39 is 5.91 Å². The van der Waals surface area contributed by atoms with Gasteiger partial charge in [0.1, 0.15) is 5.75 Å². The van der Waals surface area contributed by atoms with Crippen LogP contribution >= 0.6 is 11.6 Å². The average Bonchev–Trinajstić information content (AvgIpc) is 2.35. The Kier molecular flexibility index (Phi) is 3.43. The minimum absolute atomic E-state index is 0.0954. The lowest BCUT2D eigenvalue weighted by Gasteiger charge is -2.07. The highest BCUT2D eigenvalue weighted by Crippen LogP contribution is 2.21. The van der Waals surface area contributed by atoms with Gasteiger partial charge in [-0.3, -0.25) is 4.79 Å². The largest absolute Gasteiger partial charge is 0.507 e. The van der Waals surface area contributed by atoms with Gasteiger partial charge in [-0.2, -0.15) is 0 Å². The molecule has 1 heterocycles. The number of phenols is 1. The zero-order valence-corrected chi connectivity index (χ0v) is 10.3. The highest BCUT2D eigenvalue weighted by Gasteiger charge is 2.13. The van der Waals surface area contributed by atoms with Crippen LogP contribution in [0.4, 0.5) is 5.82 Å². The molecular formula is C12H10ClN3O2. The number of amides is 1. The first kappa shape index (κ1) is 12.3. The van der Waals surface area contributed by atoms with Crippen molar-refractivity contribution in [2.24, 2.45) is 0 Å². The van der Waals surface area contributed by atoms with Crippen LogP contribution in [0, 0.1) is 6.92 Å². The van der Waals surface area contributed by atoms with Gasteiger partial charge in [-0.25, -0.2) is 9.97 Å². The summed E-state index contributed by atoms with van der Waals surface area (Å²) in [6, 6.07) is 4.75. The minimum atomic E-state index is -0.487. The first-order valence-corrected chi connectivity index (χ1v) is 5.53. The molecule has 0 aliphatic carbocycles. The Balaban J connectivity index is 2.28. The molecule has 0 radical (unpaired) electrons. The molecule has 0 aliphatic rings. The maximum absolute atomic E-state index is 11.9. The summed E-state index contributed by atoms with van der Waals surface area (Å²) in [5.41, 5.74) is 1.03. The van der Waals surface area contributed by atoms with Gasteiger partial charge >= 0.3 is 0 Å². The van der Waals surface area contributed by atoms with Gasteiger partial charge in [-0.15, -0.1) is 0 Å². The van der Waals surface area contributed by atoms with Gasteiger partial charge in [0.05, 0.1) is 5.56 Å². The quantitative estimate of drug-likeness (QED) is 0.872. The van der Waals surface area contributed by atoms with Crippen LogP contribution in [0.1, 0.15) is 15.9 Å². The monoisotopic (exact) mass is 263 g/mol. The molecule has 92 valence electrons. The average molecular weight is 264 g/mol.